The maximum absolute atomic E-state index is 13.4. The number of benzene rings is 1. The van der Waals surface area contributed by atoms with Crippen LogP contribution in [-0.4, -0.2) is 23.2 Å². The predicted octanol–water partition coefficient (Wildman–Crippen LogP) is 3.18. The van der Waals surface area contributed by atoms with Crippen molar-refractivity contribution in [2.24, 2.45) is 4.99 Å². The molecule has 32 heavy (non-hydrogen) atoms. The second kappa shape index (κ2) is 9.00. The molecule has 1 aliphatic heterocycles. The number of aromatic nitrogens is 1. The fraction of sp³-hybridized carbons (Fsp3) is 0.292. The third-order valence-corrected chi connectivity index (χ3v) is 5.88. The Hall–Kier alpha value is -3.39. The minimum absolute atomic E-state index is 0.0392. The van der Waals surface area contributed by atoms with Gasteiger partial charge in [0.25, 0.3) is 5.56 Å². The summed E-state index contributed by atoms with van der Waals surface area (Å²) in [7, 11) is 0. The zero-order valence-corrected chi connectivity index (χ0v) is 19.1. The molecule has 166 valence electrons. The lowest BCUT2D eigenvalue weighted by atomic mass is 9.96. The molecule has 0 saturated heterocycles. The Kier molecular flexibility index (Phi) is 6.14. The van der Waals surface area contributed by atoms with Gasteiger partial charge < -0.3 is 13.9 Å². The molecule has 2 aromatic heterocycles. The summed E-state index contributed by atoms with van der Waals surface area (Å²) >= 11 is 1.26. The highest BCUT2D eigenvalue weighted by molar-refractivity contribution is 7.07. The second-order valence-electron chi connectivity index (χ2n) is 7.55. The maximum Gasteiger partial charge on any atom is 0.338 e. The third kappa shape index (κ3) is 4.18. The molecule has 8 heteroatoms. The number of allylic oxidation sites excluding steroid dienone is 1. The van der Waals surface area contributed by atoms with Gasteiger partial charge in [-0.2, -0.15) is 0 Å². The lowest BCUT2D eigenvalue weighted by molar-refractivity contribution is -0.139. The summed E-state index contributed by atoms with van der Waals surface area (Å²) in [5.41, 5.74) is 1.40. The van der Waals surface area contributed by atoms with E-state index in [1.54, 1.807) is 42.9 Å². The van der Waals surface area contributed by atoms with Gasteiger partial charge in [0.05, 0.1) is 40.8 Å². The molecule has 3 aromatic rings. The van der Waals surface area contributed by atoms with E-state index in [1.165, 1.54) is 11.3 Å². The quantitative estimate of drug-likeness (QED) is 0.537. The largest absolute Gasteiger partial charge is 0.491 e. The number of hydrogen-bond donors (Lipinski definition) is 0. The highest BCUT2D eigenvalue weighted by Crippen LogP contribution is 2.31. The van der Waals surface area contributed by atoms with Crippen LogP contribution in [0.5, 0.6) is 5.75 Å². The van der Waals surface area contributed by atoms with Crippen molar-refractivity contribution in [3.05, 3.63) is 84.9 Å². The number of fused-ring (bicyclic) bond motifs is 1. The van der Waals surface area contributed by atoms with Crippen LogP contribution < -0.4 is 19.6 Å². The first-order chi connectivity index (χ1) is 15.4. The van der Waals surface area contributed by atoms with Crippen LogP contribution in [0.2, 0.25) is 0 Å². The van der Waals surface area contributed by atoms with Crippen LogP contribution in [0.1, 0.15) is 45.1 Å². The number of rotatable bonds is 6. The van der Waals surface area contributed by atoms with E-state index in [1.807, 2.05) is 38.1 Å². The zero-order chi connectivity index (χ0) is 22.8. The van der Waals surface area contributed by atoms with Crippen LogP contribution in [0.25, 0.3) is 6.08 Å². The molecule has 0 bridgehead atoms. The standard InChI is InChI=1S/C24H24N2O5S/c1-5-29-23(28)20-15(4)25-24-26(22(27)19(32-24)13-18-7-6-12-30-18)21(20)16-8-10-17(11-9-16)31-14(2)3/h6-14,21H,5H2,1-4H3. The Morgan fingerprint density at radius 2 is 2.03 bits per heavy atom. The van der Waals surface area contributed by atoms with Gasteiger partial charge in [0.1, 0.15) is 11.5 Å². The first kappa shape index (κ1) is 21.8. The van der Waals surface area contributed by atoms with Crippen molar-refractivity contribution in [3.8, 4) is 5.75 Å². The fourth-order valence-corrected chi connectivity index (χ4v) is 4.64. The molecule has 0 N–H and O–H groups in total. The van der Waals surface area contributed by atoms with Gasteiger partial charge in [0, 0.05) is 6.08 Å². The molecule has 4 rings (SSSR count). The number of thiazole rings is 1. The lowest BCUT2D eigenvalue weighted by Gasteiger charge is -2.25. The van der Waals surface area contributed by atoms with Gasteiger partial charge in [-0.05, 0) is 57.5 Å². The van der Waals surface area contributed by atoms with E-state index in [2.05, 4.69) is 4.99 Å². The van der Waals surface area contributed by atoms with Gasteiger partial charge in [0.2, 0.25) is 0 Å². The van der Waals surface area contributed by atoms with Crippen LogP contribution in [-0.2, 0) is 9.53 Å². The van der Waals surface area contributed by atoms with E-state index in [9.17, 15) is 9.59 Å². The van der Waals surface area contributed by atoms with Crippen LogP contribution >= 0.6 is 11.3 Å². The zero-order valence-electron chi connectivity index (χ0n) is 18.3. The van der Waals surface area contributed by atoms with Crippen molar-refractivity contribution >= 4 is 23.4 Å². The minimum atomic E-state index is -0.655. The SMILES string of the molecule is CCOC(=O)C1=C(C)N=c2sc(=Cc3ccco3)c(=O)n2C1c1ccc(OC(C)C)cc1. The second-order valence-corrected chi connectivity index (χ2v) is 8.56. The van der Waals surface area contributed by atoms with E-state index >= 15 is 0 Å². The summed E-state index contributed by atoms with van der Waals surface area (Å²) in [4.78, 5) is 31.4. The Morgan fingerprint density at radius 1 is 1.28 bits per heavy atom. The third-order valence-electron chi connectivity index (χ3n) is 4.90. The van der Waals surface area contributed by atoms with Gasteiger partial charge in [0.15, 0.2) is 4.80 Å². The number of hydrogen-bond acceptors (Lipinski definition) is 7. The minimum Gasteiger partial charge on any atom is -0.491 e. The average molecular weight is 453 g/mol. The number of carbonyl (C=O) groups excluding carboxylic acids is 1. The van der Waals surface area contributed by atoms with Crippen molar-refractivity contribution in [1.29, 1.82) is 0 Å². The van der Waals surface area contributed by atoms with Gasteiger partial charge in [-0.15, -0.1) is 0 Å². The fourth-order valence-electron chi connectivity index (χ4n) is 3.61. The van der Waals surface area contributed by atoms with Crippen LogP contribution in [0, 0.1) is 0 Å². The lowest BCUT2D eigenvalue weighted by Crippen LogP contribution is -2.39. The molecule has 1 unspecified atom stereocenters. The summed E-state index contributed by atoms with van der Waals surface area (Å²) in [6.45, 7) is 7.65. The van der Waals surface area contributed by atoms with Crippen molar-refractivity contribution < 1.29 is 18.7 Å². The van der Waals surface area contributed by atoms with Crippen LogP contribution in [0.4, 0.5) is 0 Å². The van der Waals surface area contributed by atoms with Crippen molar-refractivity contribution in [2.75, 3.05) is 6.61 Å². The number of furan rings is 1. The molecule has 0 spiro atoms. The van der Waals surface area contributed by atoms with Crippen LogP contribution in [0.15, 0.2) is 68.1 Å². The topological polar surface area (TPSA) is 83.0 Å². The average Bonchev–Trinajstić information content (AvgIpc) is 3.36. The first-order valence-corrected chi connectivity index (χ1v) is 11.2. The summed E-state index contributed by atoms with van der Waals surface area (Å²) in [5, 5.41) is 0. The smallest absolute Gasteiger partial charge is 0.338 e. The summed E-state index contributed by atoms with van der Waals surface area (Å²) in [5.74, 6) is 0.803. The van der Waals surface area contributed by atoms with E-state index in [0.29, 0.717) is 32.1 Å². The molecule has 0 radical (unpaired) electrons. The van der Waals surface area contributed by atoms with Gasteiger partial charge in [-0.3, -0.25) is 9.36 Å². The van der Waals surface area contributed by atoms with Gasteiger partial charge >= 0.3 is 5.97 Å². The van der Waals surface area contributed by atoms with Crippen LogP contribution in [0.3, 0.4) is 0 Å². The number of nitrogens with zero attached hydrogens (tertiary/aromatic N) is 2. The Bertz CT molecular complexity index is 1330. The van der Waals surface area contributed by atoms with E-state index in [0.717, 1.165) is 5.56 Å². The number of ether oxygens (including phenoxy) is 2. The Morgan fingerprint density at radius 3 is 2.66 bits per heavy atom. The first-order valence-electron chi connectivity index (χ1n) is 10.4. The monoisotopic (exact) mass is 452 g/mol. The molecule has 0 aliphatic carbocycles. The normalized spacial score (nSPS) is 16.2. The molecule has 1 atom stereocenters. The summed E-state index contributed by atoms with van der Waals surface area (Å²) < 4.78 is 18.4. The molecule has 1 aromatic carbocycles. The highest BCUT2D eigenvalue weighted by atomic mass is 32.1. The molecule has 7 nitrogen and oxygen atoms in total. The van der Waals surface area contributed by atoms with Crippen molar-refractivity contribution in [3.63, 3.8) is 0 Å². The van der Waals surface area contributed by atoms with Gasteiger partial charge in [-0.1, -0.05) is 23.5 Å². The Balaban J connectivity index is 1.89. The van der Waals surface area contributed by atoms with E-state index in [4.69, 9.17) is 13.9 Å². The summed E-state index contributed by atoms with van der Waals surface area (Å²) in [6, 6.07) is 10.3. The Labute approximate surface area is 188 Å². The van der Waals surface area contributed by atoms with Crippen molar-refractivity contribution in [1.82, 2.24) is 4.57 Å². The molecule has 3 heterocycles. The molecule has 0 amide bonds. The van der Waals surface area contributed by atoms with E-state index in [-0.39, 0.29) is 18.3 Å². The molecule has 0 saturated carbocycles. The molecule has 0 fully saturated rings. The number of carbonyl (C=O) groups is 1. The van der Waals surface area contributed by atoms with Crippen molar-refractivity contribution in [2.45, 2.75) is 39.8 Å². The van der Waals surface area contributed by atoms with Gasteiger partial charge in [-0.25, -0.2) is 9.79 Å². The highest BCUT2D eigenvalue weighted by Gasteiger charge is 2.33. The predicted molar refractivity (Wildman–Crippen MR) is 121 cm³/mol. The molecule has 1 aliphatic rings. The number of esters is 1. The van der Waals surface area contributed by atoms with E-state index < -0.39 is 12.0 Å². The molecular formula is C24H24N2O5S. The molecular weight excluding hydrogens is 428 g/mol. The summed E-state index contributed by atoms with van der Waals surface area (Å²) in [6.07, 6.45) is 3.27. The maximum atomic E-state index is 13.4.